The summed E-state index contributed by atoms with van der Waals surface area (Å²) in [6.07, 6.45) is 4.87. The molecule has 0 bridgehead atoms. The smallest absolute Gasteiger partial charge is 0.338 e. The zero-order valence-electron chi connectivity index (χ0n) is 20.5. The predicted molar refractivity (Wildman–Crippen MR) is 136 cm³/mol. The summed E-state index contributed by atoms with van der Waals surface area (Å²) in [6.45, 7) is 2.46. The maximum Gasteiger partial charge on any atom is 0.338 e. The molecule has 0 aromatic heterocycles. The number of hydrogen-bond acceptors (Lipinski definition) is 5. The lowest BCUT2D eigenvalue weighted by molar-refractivity contribution is -0.145. The highest BCUT2D eigenvalue weighted by molar-refractivity contribution is 7.85. The number of unbranched alkanes of at least 4 members (excludes halogenated alkanes) is 3. The highest BCUT2D eigenvalue weighted by Gasteiger charge is 2.41. The molecular formula is C27H33FN2O5S. The summed E-state index contributed by atoms with van der Waals surface area (Å²) in [6, 6.07) is 13.2. The van der Waals surface area contributed by atoms with Crippen LogP contribution in [0, 0.1) is 5.82 Å². The lowest BCUT2D eigenvalue weighted by Crippen LogP contribution is -2.57. The van der Waals surface area contributed by atoms with Crippen molar-refractivity contribution < 1.29 is 27.7 Å². The summed E-state index contributed by atoms with van der Waals surface area (Å²) in [4.78, 5) is 37.5. The summed E-state index contributed by atoms with van der Waals surface area (Å²) in [5, 5.41) is 2.35. The normalized spacial score (nSPS) is 15.8. The van der Waals surface area contributed by atoms with Crippen LogP contribution in [0.1, 0.15) is 60.5 Å². The summed E-state index contributed by atoms with van der Waals surface area (Å²) in [5.74, 6) is -0.833. The Balaban J connectivity index is 1.32. The van der Waals surface area contributed by atoms with Gasteiger partial charge < -0.3 is 15.0 Å². The van der Waals surface area contributed by atoms with Crippen LogP contribution in [0.5, 0.6) is 0 Å². The van der Waals surface area contributed by atoms with E-state index in [0.29, 0.717) is 18.7 Å². The van der Waals surface area contributed by atoms with E-state index in [4.69, 9.17) is 4.74 Å². The Morgan fingerprint density at radius 3 is 2.36 bits per heavy atom. The van der Waals surface area contributed by atoms with E-state index in [2.05, 4.69) is 5.32 Å². The molecule has 0 spiro atoms. The molecule has 9 heteroatoms. The molecule has 1 aliphatic rings. The van der Waals surface area contributed by atoms with Gasteiger partial charge in [0.05, 0.1) is 24.3 Å². The van der Waals surface area contributed by atoms with Gasteiger partial charge in [0.2, 0.25) is 11.8 Å². The third kappa shape index (κ3) is 8.26. The number of benzene rings is 2. The SMILES string of the molecule is CCOC(=O)c1ccc(C[S@](=O)[C@@H]2CC(=O)N2CC(=O)NCCCCCCc2ccc(F)cc2)cc1. The first-order valence-electron chi connectivity index (χ1n) is 12.3. The highest BCUT2D eigenvalue weighted by Crippen LogP contribution is 2.24. The Bertz CT molecular complexity index is 1060. The fraction of sp³-hybridized carbons (Fsp3) is 0.444. The van der Waals surface area contributed by atoms with Gasteiger partial charge in [0.1, 0.15) is 17.7 Å². The second kappa shape index (κ2) is 13.9. The number of halogens is 1. The van der Waals surface area contributed by atoms with Gasteiger partial charge in [-0.05, 0) is 61.6 Å². The number of amides is 2. The van der Waals surface area contributed by atoms with E-state index in [9.17, 15) is 23.0 Å². The van der Waals surface area contributed by atoms with Gasteiger partial charge in [-0.15, -0.1) is 0 Å². The summed E-state index contributed by atoms with van der Waals surface area (Å²) in [5.41, 5.74) is 2.32. The second-order valence-corrected chi connectivity index (χ2v) is 10.4. The lowest BCUT2D eigenvalue weighted by Gasteiger charge is -2.39. The number of esters is 1. The number of carbonyl (C=O) groups excluding carboxylic acids is 3. The molecule has 2 aromatic carbocycles. The average molecular weight is 517 g/mol. The third-order valence-corrected chi connectivity index (χ3v) is 7.68. The minimum atomic E-state index is -1.36. The molecule has 2 atom stereocenters. The number of hydrogen-bond donors (Lipinski definition) is 1. The van der Waals surface area contributed by atoms with Crippen LogP contribution in [0.15, 0.2) is 48.5 Å². The average Bonchev–Trinajstić information content (AvgIpc) is 2.86. The Morgan fingerprint density at radius 2 is 1.69 bits per heavy atom. The fourth-order valence-electron chi connectivity index (χ4n) is 3.96. The number of aryl methyl sites for hydroxylation is 1. The van der Waals surface area contributed by atoms with E-state index in [0.717, 1.165) is 43.2 Å². The monoisotopic (exact) mass is 516 g/mol. The summed E-state index contributed by atoms with van der Waals surface area (Å²) in [7, 11) is -1.36. The molecule has 3 rings (SSSR count). The molecule has 2 amide bonds. The number of carbonyl (C=O) groups is 3. The molecule has 1 heterocycles. The molecule has 1 aliphatic heterocycles. The zero-order chi connectivity index (χ0) is 25.9. The Morgan fingerprint density at radius 1 is 1.03 bits per heavy atom. The summed E-state index contributed by atoms with van der Waals surface area (Å²) >= 11 is 0. The van der Waals surface area contributed by atoms with Crippen molar-refractivity contribution in [2.24, 2.45) is 0 Å². The molecule has 1 saturated heterocycles. The first kappa shape index (κ1) is 27.5. The van der Waals surface area contributed by atoms with E-state index in [1.807, 2.05) is 0 Å². The zero-order valence-corrected chi connectivity index (χ0v) is 21.4. The molecule has 0 aliphatic carbocycles. The van der Waals surface area contributed by atoms with Crippen molar-refractivity contribution in [3.63, 3.8) is 0 Å². The maximum atomic E-state index is 12.9. The van der Waals surface area contributed by atoms with Gasteiger partial charge in [0, 0.05) is 17.3 Å². The quantitative estimate of drug-likeness (QED) is 0.235. The second-order valence-electron chi connectivity index (χ2n) is 8.76. The van der Waals surface area contributed by atoms with E-state index in [1.54, 1.807) is 43.3 Å². The maximum absolute atomic E-state index is 12.9. The molecule has 1 fully saturated rings. The molecule has 7 nitrogen and oxygen atoms in total. The molecule has 0 radical (unpaired) electrons. The molecule has 1 N–H and O–H groups in total. The van der Waals surface area contributed by atoms with Gasteiger partial charge in [0.15, 0.2) is 0 Å². The van der Waals surface area contributed by atoms with E-state index in [-0.39, 0.29) is 36.4 Å². The van der Waals surface area contributed by atoms with Gasteiger partial charge in [-0.25, -0.2) is 9.18 Å². The van der Waals surface area contributed by atoms with Gasteiger partial charge >= 0.3 is 5.97 Å². The van der Waals surface area contributed by atoms with Crippen molar-refractivity contribution in [1.82, 2.24) is 10.2 Å². The van der Waals surface area contributed by atoms with Gasteiger partial charge in [0.25, 0.3) is 0 Å². The first-order valence-corrected chi connectivity index (χ1v) is 13.7. The van der Waals surface area contributed by atoms with Crippen LogP contribution in [0.25, 0.3) is 0 Å². The highest BCUT2D eigenvalue weighted by atomic mass is 32.2. The van der Waals surface area contributed by atoms with Crippen LogP contribution < -0.4 is 5.32 Å². The Hall–Kier alpha value is -3.07. The van der Waals surface area contributed by atoms with Crippen molar-refractivity contribution in [1.29, 1.82) is 0 Å². The van der Waals surface area contributed by atoms with E-state index < -0.39 is 22.1 Å². The number of ether oxygens (including phenoxy) is 1. The minimum absolute atomic E-state index is 0.0956. The Kier molecular flexibility index (Phi) is 10.6. The van der Waals surface area contributed by atoms with E-state index >= 15 is 0 Å². The van der Waals surface area contributed by atoms with Crippen LogP contribution in [0.2, 0.25) is 0 Å². The molecular weight excluding hydrogens is 483 g/mol. The van der Waals surface area contributed by atoms with Gasteiger partial charge in [-0.1, -0.05) is 37.1 Å². The van der Waals surface area contributed by atoms with Crippen LogP contribution in [0.3, 0.4) is 0 Å². The van der Waals surface area contributed by atoms with Crippen molar-refractivity contribution in [2.75, 3.05) is 19.7 Å². The summed E-state index contributed by atoms with van der Waals surface area (Å²) < 4.78 is 30.7. The predicted octanol–water partition coefficient (Wildman–Crippen LogP) is 3.73. The van der Waals surface area contributed by atoms with Crippen LogP contribution in [-0.2, 0) is 37.3 Å². The van der Waals surface area contributed by atoms with Crippen LogP contribution in [0.4, 0.5) is 4.39 Å². The molecule has 36 heavy (non-hydrogen) atoms. The fourth-order valence-corrected chi connectivity index (χ4v) is 5.48. The molecule has 2 aromatic rings. The van der Waals surface area contributed by atoms with Crippen LogP contribution in [-0.4, -0.2) is 52.0 Å². The van der Waals surface area contributed by atoms with Crippen LogP contribution >= 0.6 is 0 Å². The van der Waals surface area contributed by atoms with Gasteiger partial charge in [-0.2, -0.15) is 0 Å². The Labute approximate surface area is 213 Å². The largest absolute Gasteiger partial charge is 0.462 e. The number of nitrogens with one attached hydrogen (secondary N) is 1. The standard InChI is InChI=1S/C27H33FN2O5S/c1-2-35-27(33)22-12-8-21(9-13-22)19-36(34)26-17-25(32)30(26)18-24(31)29-16-6-4-3-5-7-20-10-14-23(28)15-11-20/h8-15,26H,2-7,16-19H2,1H3,(H,29,31)/t26-,36+/m1/s1. The minimum Gasteiger partial charge on any atom is -0.462 e. The number of nitrogens with zero attached hydrogens (tertiary/aromatic N) is 1. The van der Waals surface area contributed by atoms with E-state index in [1.165, 1.54) is 17.0 Å². The number of β-lactam (4-membered cyclic amide) rings is 1. The molecule has 0 unspecified atom stereocenters. The molecule has 194 valence electrons. The third-order valence-electron chi connectivity index (χ3n) is 6.04. The van der Waals surface area contributed by atoms with Crippen molar-refractivity contribution >= 4 is 28.6 Å². The van der Waals surface area contributed by atoms with Gasteiger partial charge in [-0.3, -0.25) is 13.8 Å². The lowest BCUT2D eigenvalue weighted by atomic mass is 10.1. The number of rotatable bonds is 14. The first-order chi connectivity index (χ1) is 17.4. The van der Waals surface area contributed by atoms with Crippen molar-refractivity contribution in [3.8, 4) is 0 Å². The van der Waals surface area contributed by atoms with Crippen molar-refractivity contribution in [3.05, 3.63) is 71.0 Å². The topological polar surface area (TPSA) is 92.8 Å². The molecule has 0 saturated carbocycles. The number of likely N-dealkylation sites (tertiary alicyclic amines) is 1. The van der Waals surface area contributed by atoms with Crippen molar-refractivity contribution in [2.45, 2.75) is 56.6 Å².